The van der Waals surface area contributed by atoms with Crippen molar-refractivity contribution in [3.63, 3.8) is 0 Å². The minimum Gasteiger partial charge on any atom is -0.626 e. The fourth-order valence-electron chi connectivity index (χ4n) is 2.86. The maximum absolute atomic E-state index is 12.1. The summed E-state index contributed by atoms with van der Waals surface area (Å²) in [6, 6.07) is 12.1. The molecule has 1 N–H and O–H groups in total. The highest BCUT2D eigenvalue weighted by Crippen LogP contribution is 2.26. The molecular weight excluding hydrogens is 362 g/mol. The highest BCUT2D eigenvalue weighted by atomic mass is 16.5. The third-order valence-corrected chi connectivity index (χ3v) is 4.23. The first-order valence-corrected chi connectivity index (χ1v) is 8.51. The average molecular weight is 377 g/mol. The van der Waals surface area contributed by atoms with Crippen molar-refractivity contribution in [3.05, 3.63) is 82.4 Å². The standard InChI is InChI=1S/C20H15N3O5/c24-19(23(26)11-13-10-21-7-8-22-13)12-27-14-5-6-16-15-3-1-2-4-17(15)20(25)28-18(16)9-14/h1-10,23H,11-12H2. The second-order valence-electron chi connectivity index (χ2n) is 6.10. The molecule has 0 aliphatic carbocycles. The molecule has 140 valence electrons. The quantitative estimate of drug-likeness (QED) is 0.316. The van der Waals surface area contributed by atoms with Gasteiger partial charge in [-0.05, 0) is 23.6 Å². The van der Waals surface area contributed by atoms with Gasteiger partial charge in [0.05, 0.1) is 11.6 Å². The van der Waals surface area contributed by atoms with Gasteiger partial charge in [0, 0.05) is 23.8 Å². The molecule has 0 aliphatic heterocycles. The smallest absolute Gasteiger partial charge is 0.349 e. The predicted molar refractivity (Wildman–Crippen MR) is 101 cm³/mol. The Kier molecular flexibility index (Phi) is 4.79. The highest BCUT2D eigenvalue weighted by molar-refractivity contribution is 6.04. The molecule has 8 nitrogen and oxygen atoms in total. The molecule has 8 heteroatoms. The molecule has 0 saturated carbocycles. The zero-order chi connectivity index (χ0) is 19.5. The summed E-state index contributed by atoms with van der Waals surface area (Å²) in [5, 5.41) is 13.4. The van der Waals surface area contributed by atoms with Crippen LogP contribution < -0.4 is 15.4 Å². The number of hydroxylamine groups is 2. The Morgan fingerprint density at radius 3 is 2.71 bits per heavy atom. The van der Waals surface area contributed by atoms with E-state index in [1.54, 1.807) is 24.3 Å². The Balaban J connectivity index is 1.50. The largest absolute Gasteiger partial charge is 0.626 e. The highest BCUT2D eigenvalue weighted by Gasteiger charge is 2.14. The van der Waals surface area contributed by atoms with Gasteiger partial charge in [0.15, 0.2) is 0 Å². The van der Waals surface area contributed by atoms with Crippen molar-refractivity contribution >= 4 is 27.6 Å². The molecule has 2 aromatic carbocycles. The summed E-state index contributed by atoms with van der Waals surface area (Å²) in [5.74, 6) is -0.350. The van der Waals surface area contributed by atoms with E-state index < -0.39 is 23.2 Å². The summed E-state index contributed by atoms with van der Waals surface area (Å²) < 4.78 is 10.8. The molecule has 28 heavy (non-hydrogen) atoms. The number of nitrogens with one attached hydrogen (secondary N) is 1. The van der Waals surface area contributed by atoms with Crippen molar-refractivity contribution in [2.75, 3.05) is 6.61 Å². The summed E-state index contributed by atoms with van der Waals surface area (Å²) in [6.07, 6.45) is 4.37. The molecule has 0 bridgehead atoms. The number of rotatable bonds is 5. The number of hydrogen-bond donors (Lipinski definition) is 1. The Bertz CT molecular complexity index is 1210. The molecule has 0 aliphatic rings. The monoisotopic (exact) mass is 377 g/mol. The molecule has 1 unspecified atom stereocenters. The van der Waals surface area contributed by atoms with Gasteiger partial charge in [-0.3, -0.25) is 9.97 Å². The lowest BCUT2D eigenvalue weighted by Crippen LogP contribution is -3.09. The Morgan fingerprint density at radius 2 is 1.93 bits per heavy atom. The lowest BCUT2D eigenvalue weighted by Gasteiger charge is -2.19. The van der Waals surface area contributed by atoms with E-state index in [2.05, 4.69) is 9.97 Å². The molecule has 0 spiro atoms. The van der Waals surface area contributed by atoms with Crippen LogP contribution in [0.2, 0.25) is 0 Å². The molecular formula is C20H15N3O5. The lowest BCUT2D eigenvalue weighted by atomic mass is 10.1. The van der Waals surface area contributed by atoms with E-state index in [0.29, 0.717) is 22.4 Å². The summed E-state index contributed by atoms with van der Waals surface area (Å²) in [7, 11) is 0. The van der Waals surface area contributed by atoms with Crippen molar-refractivity contribution < 1.29 is 19.0 Å². The third kappa shape index (κ3) is 3.59. The number of ether oxygens (including phenoxy) is 1. The minimum absolute atomic E-state index is 0.130. The van der Waals surface area contributed by atoms with Crippen LogP contribution in [0.3, 0.4) is 0 Å². The van der Waals surface area contributed by atoms with Crippen LogP contribution in [0.15, 0.2) is 70.3 Å². The molecule has 4 rings (SSSR count). The van der Waals surface area contributed by atoms with Crippen LogP contribution in [0.25, 0.3) is 21.7 Å². The first kappa shape index (κ1) is 17.8. The summed E-state index contributed by atoms with van der Waals surface area (Å²) in [5.41, 5.74) is 0.315. The van der Waals surface area contributed by atoms with E-state index >= 15 is 0 Å². The van der Waals surface area contributed by atoms with E-state index in [1.807, 2.05) is 12.1 Å². The number of aromatic nitrogens is 2. The topological polar surface area (TPSA) is 110 Å². The van der Waals surface area contributed by atoms with E-state index in [-0.39, 0.29) is 6.54 Å². The van der Waals surface area contributed by atoms with Crippen molar-refractivity contribution in [1.82, 2.24) is 9.97 Å². The summed E-state index contributed by atoms with van der Waals surface area (Å²) in [4.78, 5) is 32.0. The van der Waals surface area contributed by atoms with Crippen LogP contribution in [-0.4, -0.2) is 22.5 Å². The molecule has 0 radical (unpaired) electrons. The van der Waals surface area contributed by atoms with Crippen molar-refractivity contribution in [3.8, 4) is 5.75 Å². The number of amides is 1. The van der Waals surface area contributed by atoms with Gasteiger partial charge in [0.2, 0.25) is 6.61 Å². The van der Waals surface area contributed by atoms with Gasteiger partial charge >= 0.3 is 11.5 Å². The van der Waals surface area contributed by atoms with Gasteiger partial charge in [0.25, 0.3) is 0 Å². The summed E-state index contributed by atoms with van der Waals surface area (Å²) >= 11 is 0. The van der Waals surface area contributed by atoms with Crippen LogP contribution in [0, 0.1) is 5.21 Å². The van der Waals surface area contributed by atoms with Crippen LogP contribution >= 0.6 is 0 Å². The van der Waals surface area contributed by atoms with Crippen LogP contribution in [0.1, 0.15) is 5.69 Å². The van der Waals surface area contributed by atoms with Crippen LogP contribution in [-0.2, 0) is 11.3 Å². The van der Waals surface area contributed by atoms with Crippen molar-refractivity contribution in [1.29, 1.82) is 0 Å². The summed E-state index contributed by atoms with van der Waals surface area (Å²) in [6.45, 7) is -0.545. The van der Waals surface area contributed by atoms with Crippen molar-refractivity contribution in [2.24, 2.45) is 0 Å². The van der Waals surface area contributed by atoms with Gasteiger partial charge in [0.1, 0.15) is 23.6 Å². The van der Waals surface area contributed by atoms with Gasteiger partial charge in [-0.25, -0.2) is 9.59 Å². The van der Waals surface area contributed by atoms with E-state index in [1.165, 1.54) is 24.7 Å². The number of benzene rings is 2. The van der Waals surface area contributed by atoms with E-state index in [4.69, 9.17) is 9.15 Å². The molecule has 2 heterocycles. The fraction of sp³-hybridized carbons (Fsp3) is 0.100. The zero-order valence-electron chi connectivity index (χ0n) is 14.6. The molecule has 0 fully saturated rings. The number of carbonyl (C=O) groups excluding carboxylic acids is 1. The SMILES string of the molecule is O=C(COc1ccc2c(c1)oc(=O)c1ccccc12)[NH+]([O-])Cc1cnccn1. The first-order valence-electron chi connectivity index (χ1n) is 8.51. The van der Waals surface area contributed by atoms with Gasteiger partial charge in [-0.1, -0.05) is 18.2 Å². The Labute approximate surface area is 158 Å². The molecule has 4 aromatic rings. The first-order chi connectivity index (χ1) is 13.6. The average Bonchev–Trinajstić information content (AvgIpc) is 2.72. The van der Waals surface area contributed by atoms with E-state index in [0.717, 1.165) is 10.8 Å². The van der Waals surface area contributed by atoms with Crippen molar-refractivity contribution in [2.45, 2.75) is 6.54 Å². The van der Waals surface area contributed by atoms with E-state index in [9.17, 15) is 14.8 Å². The molecule has 2 aromatic heterocycles. The minimum atomic E-state index is -0.675. The maximum Gasteiger partial charge on any atom is 0.349 e. The predicted octanol–water partition coefficient (Wildman–Crippen LogP) is 1.22. The number of nitrogens with zero attached hydrogens (tertiary/aromatic N) is 2. The number of fused-ring (bicyclic) bond motifs is 3. The maximum atomic E-state index is 12.1. The molecule has 0 saturated heterocycles. The number of quaternary nitrogens is 1. The van der Waals surface area contributed by atoms with Gasteiger partial charge < -0.3 is 19.4 Å². The Morgan fingerprint density at radius 1 is 1.11 bits per heavy atom. The Hall–Kier alpha value is -3.62. The van der Waals surface area contributed by atoms with Gasteiger partial charge in [-0.2, -0.15) is 0 Å². The van der Waals surface area contributed by atoms with Gasteiger partial charge in [-0.15, -0.1) is 0 Å². The second kappa shape index (κ2) is 7.55. The molecule has 1 amide bonds. The number of carbonyl (C=O) groups is 1. The fourth-order valence-corrected chi connectivity index (χ4v) is 2.86. The lowest BCUT2D eigenvalue weighted by molar-refractivity contribution is -0.780. The van der Waals surface area contributed by atoms with Crippen LogP contribution in [0.4, 0.5) is 0 Å². The third-order valence-electron chi connectivity index (χ3n) is 4.23. The second-order valence-corrected chi connectivity index (χ2v) is 6.10. The normalized spacial score (nSPS) is 12.2. The molecule has 1 atom stereocenters. The zero-order valence-corrected chi connectivity index (χ0v) is 14.6. The number of hydrogen-bond acceptors (Lipinski definition) is 7. The van der Waals surface area contributed by atoms with Crippen LogP contribution in [0.5, 0.6) is 5.75 Å².